The molecule has 0 saturated carbocycles. The van der Waals surface area contributed by atoms with Gasteiger partial charge >= 0.3 is 0 Å². The first-order valence-electron chi connectivity index (χ1n) is 5.94. The lowest BCUT2D eigenvalue weighted by atomic mass is 10.0. The van der Waals surface area contributed by atoms with Crippen LogP contribution in [0.3, 0.4) is 0 Å². The molecule has 3 heterocycles. The van der Waals surface area contributed by atoms with E-state index in [0.29, 0.717) is 5.95 Å². The maximum absolute atomic E-state index is 5.71. The standard InChI is InChI=1S/C12H16N4O/c1-12(6-4-8-17-12)9-13-11-14-10-5-2-3-7-16(10)15-11/h2-3,5,7H,4,6,8-9H2,1H3,(H,13,15). The predicted molar refractivity (Wildman–Crippen MR) is 65.1 cm³/mol. The van der Waals surface area contributed by atoms with Gasteiger partial charge in [0, 0.05) is 19.3 Å². The van der Waals surface area contributed by atoms with Crippen LogP contribution < -0.4 is 5.32 Å². The van der Waals surface area contributed by atoms with Gasteiger partial charge in [-0.1, -0.05) is 6.07 Å². The molecule has 1 unspecified atom stereocenters. The molecule has 1 N–H and O–H groups in total. The Kier molecular flexibility index (Phi) is 2.48. The lowest BCUT2D eigenvalue weighted by Crippen LogP contribution is -2.32. The molecule has 2 aromatic heterocycles. The summed E-state index contributed by atoms with van der Waals surface area (Å²) in [6.07, 6.45) is 4.12. The van der Waals surface area contributed by atoms with E-state index in [0.717, 1.165) is 31.6 Å². The van der Waals surface area contributed by atoms with E-state index < -0.39 is 0 Å². The molecule has 3 rings (SSSR count). The summed E-state index contributed by atoms with van der Waals surface area (Å²) in [6.45, 7) is 3.74. The Bertz CT molecular complexity index is 483. The van der Waals surface area contributed by atoms with E-state index in [1.807, 2.05) is 24.4 Å². The molecule has 0 aliphatic carbocycles. The second-order valence-electron chi connectivity index (χ2n) is 4.69. The Morgan fingerprint density at radius 1 is 1.53 bits per heavy atom. The molecule has 2 aromatic rings. The maximum atomic E-state index is 5.71. The maximum Gasteiger partial charge on any atom is 0.243 e. The number of anilines is 1. The minimum absolute atomic E-state index is 0.0719. The number of hydrogen-bond acceptors (Lipinski definition) is 4. The van der Waals surface area contributed by atoms with Crippen LogP contribution in [0, 0.1) is 0 Å². The van der Waals surface area contributed by atoms with E-state index in [-0.39, 0.29) is 5.60 Å². The van der Waals surface area contributed by atoms with Crippen molar-refractivity contribution in [1.82, 2.24) is 14.6 Å². The van der Waals surface area contributed by atoms with Crippen LogP contribution in [0.15, 0.2) is 24.4 Å². The fourth-order valence-corrected chi connectivity index (χ4v) is 2.15. The number of hydrogen-bond donors (Lipinski definition) is 1. The highest BCUT2D eigenvalue weighted by molar-refractivity contribution is 5.42. The van der Waals surface area contributed by atoms with Gasteiger partial charge in [-0.25, -0.2) is 4.52 Å². The van der Waals surface area contributed by atoms with Gasteiger partial charge in [-0.05, 0) is 31.9 Å². The summed E-state index contributed by atoms with van der Waals surface area (Å²) in [5, 5.41) is 7.59. The predicted octanol–water partition coefficient (Wildman–Crippen LogP) is 1.71. The van der Waals surface area contributed by atoms with Gasteiger partial charge in [0.05, 0.1) is 5.60 Å². The molecule has 5 nitrogen and oxygen atoms in total. The van der Waals surface area contributed by atoms with E-state index in [2.05, 4.69) is 22.3 Å². The van der Waals surface area contributed by atoms with Crippen molar-refractivity contribution in [2.75, 3.05) is 18.5 Å². The van der Waals surface area contributed by atoms with Crippen LogP contribution in [-0.4, -0.2) is 33.4 Å². The van der Waals surface area contributed by atoms with Gasteiger partial charge in [-0.2, -0.15) is 4.98 Å². The fourth-order valence-electron chi connectivity index (χ4n) is 2.15. The van der Waals surface area contributed by atoms with Crippen LogP contribution in [0.5, 0.6) is 0 Å². The first kappa shape index (κ1) is 10.5. The molecule has 0 amide bonds. The molecule has 0 spiro atoms. The largest absolute Gasteiger partial charge is 0.373 e. The molecule has 1 atom stereocenters. The quantitative estimate of drug-likeness (QED) is 0.875. The highest BCUT2D eigenvalue weighted by Gasteiger charge is 2.29. The van der Waals surface area contributed by atoms with E-state index in [9.17, 15) is 0 Å². The van der Waals surface area contributed by atoms with Gasteiger partial charge in [-0.3, -0.25) is 0 Å². The smallest absolute Gasteiger partial charge is 0.243 e. The number of nitrogens with zero attached hydrogens (tertiary/aromatic N) is 3. The molecular formula is C12H16N4O. The van der Waals surface area contributed by atoms with Crippen molar-refractivity contribution >= 4 is 11.6 Å². The molecule has 0 radical (unpaired) electrons. The highest BCUT2D eigenvalue weighted by atomic mass is 16.5. The minimum atomic E-state index is -0.0719. The number of aromatic nitrogens is 3. The Morgan fingerprint density at radius 3 is 3.24 bits per heavy atom. The van der Waals surface area contributed by atoms with Crippen LogP contribution in [0.25, 0.3) is 5.65 Å². The number of nitrogens with one attached hydrogen (secondary N) is 1. The molecule has 17 heavy (non-hydrogen) atoms. The van der Waals surface area contributed by atoms with Gasteiger partial charge in [0.25, 0.3) is 0 Å². The van der Waals surface area contributed by atoms with E-state index in [4.69, 9.17) is 4.74 Å². The third-order valence-electron chi connectivity index (χ3n) is 3.16. The average Bonchev–Trinajstić information content (AvgIpc) is 2.93. The van der Waals surface area contributed by atoms with Crippen molar-refractivity contribution in [2.45, 2.75) is 25.4 Å². The zero-order chi connectivity index (χ0) is 11.7. The Morgan fingerprint density at radius 2 is 2.47 bits per heavy atom. The molecule has 1 aliphatic rings. The monoisotopic (exact) mass is 232 g/mol. The van der Waals surface area contributed by atoms with Crippen LogP contribution in [0.4, 0.5) is 5.95 Å². The molecule has 1 aliphatic heterocycles. The summed E-state index contributed by atoms with van der Waals surface area (Å²) in [7, 11) is 0. The third-order valence-corrected chi connectivity index (χ3v) is 3.16. The van der Waals surface area contributed by atoms with Crippen molar-refractivity contribution in [1.29, 1.82) is 0 Å². The lowest BCUT2D eigenvalue weighted by molar-refractivity contribution is 0.0314. The Hall–Kier alpha value is -1.62. The summed E-state index contributed by atoms with van der Waals surface area (Å²) < 4.78 is 7.48. The second kappa shape index (κ2) is 4.00. The summed E-state index contributed by atoms with van der Waals surface area (Å²) in [6, 6.07) is 5.83. The van der Waals surface area contributed by atoms with E-state index in [1.54, 1.807) is 4.52 Å². The summed E-state index contributed by atoms with van der Waals surface area (Å²) in [5.41, 5.74) is 0.782. The number of pyridine rings is 1. The van der Waals surface area contributed by atoms with Crippen molar-refractivity contribution in [3.05, 3.63) is 24.4 Å². The molecule has 5 heteroatoms. The fraction of sp³-hybridized carbons (Fsp3) is 0.500. The van der Waals surface area contributed by atoms with Gasteiger partial charge < -0.3 is 10.1 Å². The van der Waals surface area contributed by atoms with Crippen LogP contribution in [-0.2, 0) is 4.74 Å². The number of fused-ring (bicyclic) bond motifs is 1. The highest BCUT2D eigenvalue weighted by Crippen LogP contribution is 2.24. The lowest BCUT2D eigenvalue weighted by Gasteiger charge is -2.22. The van der Waals surface area contributed by atoms with Gasteiger partial charge in [0.2, 0.25) is 5.95 Å². The van der Waals surface area contributed by atoms with Gasteiger partial charge in [0.15, 0.2) is 5.65 Å². The Labute approximate surface area is 99.8 Å². The van der Waals surface area contributed by atoms with E-state index in [1.165, 1.54) is 0 Å². The first-order valence-corrected chi connectivity index (χ1v) is 5.94. The number of rotatable bonds is 3. The first-order chi connectivity index (χ1) is 8.25. The zero-order valence-corrected chi connectivity index (χ0v) is 9.89. The van der Waals surface area contributed by atoms with Crippen molar-refractivity contribution in [3.8, 4) is 0 Å². The normalized spacial score (nSPS) is 24.3. The molecule has 0 aromatic carbocycles. The second-order valence-corrected chi connectivity index (χ2v) is 4.69. The SMILES string of the molecule is CC1(CNc2nc3ccccn3n2)CCCO1. The summed E-state index contributed by atoms with van der Waals surface area (Å²) in [4.78, 5) is 4.39. The molecule has 90 valence electrons. The van der Waals surface area contributed by atoms with Crippen molar-refractivity contribution < 1.29 is 4.74 Å². The molecule has 0 bridgehead atoms. The molecule has 1 saturated heterocycles. The molecular weight excluding hydrogens is 216 g/mol. The van der Waals surface area contributed by atoms with Crippen LogP contribution in [0.1, 0.15) is 19.8 Å². The minimum Gasteiger partial charge on any atom is -0.373 e. The molecule has 1 fully saturated rings. The van der Waals surface area contributed by atoms with Gasteiger partial charge in [0.1, 0.15) is 0 Å². The van der Waals surface area contributed by atoms with Crippen molar-refractivity contribution in [2.24, 2.45) is 0 Å². The van der Waals surface area contributed by atoms with Crippen LogP contribution in [0.2, 0.25) is 0 Å². The summed E-state index contributed by atoms with van der Waals surface area (Å²) >= 11 is 0. The Balaban J connectivity index is 1.72. The van der Waals surface area contributed by atoms with Crippen LogP contribution >= 0.6 is 0 Å². The van der Waals surface area contributed by atoms with Crippen molar-refractivity contribution in [3.63, 3.8) is 0 Å². The zero-order valence-electron chi connectivity index (χ0n) is 9.89. The topological polar surface area (TPSA) is 51.5 Å². The average molecular weight is 232 g/mol. The van der Waals surface area contributed by atoms with E-state index >= 15 is 0 Å². The van der Waals surface area contributed by atoms with Gasteiger partial charge in [-0.15, -0.1) is 5.10 Å². The third kappa shape index (κ3) is 2.10. The summed E-state index contributed by atoms with van der Waals surface area (Å²) in [5.74, 6) is 0.660. The number of ether oxygens (including phenoxy) is 1.